The highest BCUT2D eigenvalue weighted by atomic mass is 28.4. The van der Waals surface area contributed by atoms with E-state index in [2.05, 4.69) is 121 Å². The number of benzene rings is 2. The second-order valence-electron chi connectivity index (χ2n) is 13.5. The second-order valence-corrected chi connectivity index (χ2v) is 17.8. The fourth-order valence-corrected chi connectivity index (χ4v) is 12.0. The summed E-state index contributed by atoms with van der Waals surface area (Å²) in [7, 11) is -2.73. The molecule has 2 aromatic carbocycles. The number of esters is 1. The first-order valence-corrected chi connectivity index (χ1v) is 17.7. The first kappa shape index (κ1) is 33.8. The van der Waals surface area contributed by atoms with Crippen molar-refractivity contribution in [1.82, 2.24) is 0 Å². The Morgan fingerprint density at radius 3 is 1.90 bits per heavy atom. The van der Waals surface area contributed by atoms with E-state index in [1.807, 2.05) is 12.2 Å². The molecule has 0 amide bonds. The Labute approximate surface area is 257 Å². The Morgan fingerprint density at radius 2 is 1.45 bits per heavy atom. The van der Waals surface area contributed by atoms with Gasteiger partial charge >= 0.3 is 5.97 Å². The zero-order valence-corrected chi connectivity index (χ0v) is 28.1. The number of allylic oxidation sites excluding steroid dienone is 2. The molecule has 0 saturated heterocycles. The summed E-state index contributed by atoms with van der Waals surface area (Å²) in [6.07, 6.45) is 10.5. The summed E-state index contributed by atoms with van der Waals surface area (Å²) in [5.41, 5.74) is 1.43. The molecule has 1 aliphatic carbocycles. The molecule has 3 nitrogen and oxygen atoms in total. The van der Waals surface area contributed by atoms with E-state index >= 15 is 0 Å². The van der Waals surface area contributed by atoms with Gasteiger partial charge in [-0.15, -0.1) is 13.2 Å². The van der Waals surface area contributed by atoms with E-state index in [1.165, 1.54) is 22.9 Å². The molecule has 0 saturated carbocycles. The molecule has 42 heavy (non-hydrogen) atoms. The highest BCUT2D eigenvalue weighted by Gasteiger charge is 2.52. The van der Waals surface area contributed by atoms with E-state index in [4.69, 9.17) is 9.16 Å². The highest BCUT2D eigenvalue weighted by molar-refractivity contribution is 6.99. The van der Waals surface area contributed by atoms with Crippen LogP contribution in [0.25, 0.3) is 0 Å². The average Bonchev–Trinajstić information content (AvgIpc) is 2.93. The molecular weight excluding hydrogens is 533 g/mol. The van der Waals surface area contributed by atoms with Crippen molar-refractivity contribution in [3.05, 3.63) is 97.6 Å². The molecule has 3 rings (SSSR count). The van der Waals surface area contributed by atoms with Crippen LogP contribution in [-0.2, 0) is 14.0 Å². The molecule has 4 heteroatoms. The van der Waals surface area contributed by atoms with Crippen LogP contribution in [-0.4, -0.2) is 26.5 Å². The monoisotopic (exact) mass is 586 g/mol. The lowest BCUT2D eigenvalue weighted by atomic mass is 9.64. The van der Waals surface area contributed by atoms with E-state index < -0.39 is 8.32 Å². The Morgan fingerprint density at radius 1 is 0.929 bits per heavy atom. The van der Waals surface area contributed by atoms with Crippen LogP contribution >= 0.6 is 0 Å². The lowest BCUT2D eigenvalue weighted by Crippen LogP contribution is -2.67. The summed E-state index contributed by atoms with van der Waals surface area (Å²) >= 11 is 0. The van der Waals surface area contributed by atoms with Gasteiger partial charge in [0.1, 0.15) is 6.10 Å². The van der Waals surface area contributed by atoms with Crippen LogP contribution in [0.5, 0.6) is 0 Å². The number of hydrogen-bond acceptors (Lipinski definition) is 3. The van der Waals surface area contributed by atoms with Crippen LogP contribution in [0.3, 0.4) is 0 Å². The second kappa shape index (κ2) is 15.2. The summed E-state index contributed by atoms with van der Waals surface area (Å²) in [5.74, 6) is 1.53. The van der Waals surface area contributed by atoms with Crippen LogP contribution in [0.1, 0.15) is 80.6 Å². The number of ether oxygens (including phenoxy) is 1. The van der Waals surface area contributed by atoms with Gasteiger partial charge in [0, 0.05) is 19.4 Å². The van der Waals surface area contributed by atoms with Crippen molar-refractivity contribution in [3.8, 4) is 0 Å². The fraction of sp³-hybridized carbons (Fsp3) is 0.500. The molecule has 0 N–H and O–H groups in total. The van der Waals surface area contributed by atoms with Gasteiger partial charge in [-0.1, -0.05) is 119 Å². The first-order chi connectivity index (χ1) is 19.9. The summed E-state index contributed by atoms with van der Waals surface area (Å²) in [5, 5.41) is 2.49. The Bertz CT molecular complexity index is 1140. The maximum atomic E-state index is 12.0. The molecule has 5 atom stereocenters. The maximum absolute atomic E-state index is 12.0. The zero-order chi connectivity index (χ0) is 30.9. The number of carbonyl (C=O) groups is 1. The smallest absolute Gasteiger partial charge is 0.302 e. The SMILES string of the molecule is C=CC[C@H](C[C@@H]1[C@@H](C(C)C)CC=C(C)[C@@H]1C[C@@H](CC=C)O[Si](c1ccccc1)(c1ccccc1)C(C)(C)C)OC(C)=O. The van der Waals surface area contributed by atoms with Gasteiger partial charge in [-0.2, -0.15) is 0 Å². The average molecular weight is 587 g/mol. The molecule has 1 aliphatic rings. The molecule has 0 bridgehead atoms. The van der Waals surface area contributed by atoms with Crippen molar-refractivity contribution in [2.75, 3.05) is 0 Å². The van der Waals surface area contributed by atoms with Crippen molar-refractivity contribution < 1.29 is 14.0 Å². The van der Waals surface area contributed by atoms with Gasteiger partial charge in [0.15, 0.2) is 0 Å². The largest absolute Gasteiger partial charge is 0.462 e. The quantitative estimate of drug-likeness (QED) is 0.126. The molecular formula is C38H54O3Si. The lowest BCUT2D eigenvalue weighted by molar-refractivity contribution is -0.147. The third kappa shape index (κ3) is 8.02. The van der Waals surface area contributed by atoms with Gasteiger partial charge in [0.05, 0.1) is 0 Å². The molecule has 0 fully saturated rings. The topological polar surface area (TPSA) is 35.5 Å². The van der Waals surface area contributed by atoms with Gasteiger partial charge in [-0.25, -0.2) is 0 Å². The van der Waals surface area contributed by atoms with Crippen LogP contribution in [0.15, 0.2) is 97.6 Å². The third-order valence-electron chi connectivity index (χ3n) is 9.22. The standard InChI is InChI=1S/C38H54O3Si/c1-10-18-31(40-30(6)39)26-37-35(28(3)4)25-24-29(5)36(37)27-32(19-11-2)41-42(38(7,8)9,33-20-14-12-15-21-33)34-22-16-13-17-23-34/h10-17,20-24,28,31-32,35-37H,1-2,18-19,25-27H2,3-9H3/t31-,32-,35-,36+,37-/m1/s1. The number of hydrogen-bond donors (Lipinski definition) is 0. The molecule has 0 spiro atoms. The van der Waals surface area contributed by atoms with E-state index in [-0.39, 0.29) is 23.2 Å². The molecule has 0 aliphatic heterocycles. The van der Waals surface area contributed by atoms with Gasteiger partial charge in [0.25, 0.3) is 8.32 Å². The third-order valence-corrected chi connectivity index (χ3v) is 14.3. The van der Waals surface area contributed by atoms with E-state index in [0.29, 0.717) is 30.1 Å². The molecule has 228 valence electrons. The van der Waals surface area contributed by atoms with Crippen molar-refractivity contribution in [2.24, 2.45) is 23.7 Å². The molecule has 0 heterocycles. The maximum Gasteiger partial charge on any atom is 0.302 e. The summed E-state index contributed by atoms with van der Waals surface area (Å²) in [6, 6.07) is 21.8. The number of rotatable bonds is 14. The van der Waals surface area contributed by atoms with Crippen LogP contribution in [0, 0.1) is 23.7 Å². The fourth-order valence-electron chi connectivity index (χ4n) is 7.27. The minimum absolute atomic E-state index is 0.00199. The summed E-state index contributed by atoms with van der Waals surface area (Å²) in [6.45, 7) is 23.6. The van der Waals surface area contributed by atoms with Gasteiger partial charge in [-0.3, -0.25) is 4.79 Å². The van der Waals surface area contributed by atoms with Gasteiger partial charge < -0.3 is 9.16 Å². The minimum Gasteiger partial charge on any atom is -0.462 e. The Hall–Kier alpha value is -2.69. The van der Waals surface area contributed by atoms with E-state index in [9.17, 15) is 4.79 Å². The molecule has 2 aromatic rings. The van der Waals surface area contributed by atoms with Crippen LogP contribution < -0.4 is 10.4 Å². The van der Waals surface area contributed by atoms with Gasteiger partial charge in [-0.05, 0) is 71.7 Å². The molecule has 0 unspecified atom stereocenters. The summed E-state index contributed by atoms with van der Waals surface area (Å²) in [4.78, 5) is 12.0. The first-order valence-electron chi connectivity index (χ1n) is 15.8. The van der Waals surface area contributed by atoms with Crippen molar-refractivity contribution >= 4 is 24.7 Å². The Balaban J connectivity index is 2.09. The van der Waals surface area contributed by atoms with Crippen molar-refractivity contribution in [2.45, 2.75) is 97.8 Å². The van der Waals surface area contributed by atoms with Crippen molar-refractivity contribution in [1.29, 1.82) is 0 Å². The summed E-state index contributed by atoms with van der Waals surface area (Å²) < 4.78 is 13.5. The highest BCUT2D eigenvalue weighted by Crippen LogP contribution is 2.46. The normalized spacial score (nSPS) is 20.9. The van der Waals surface area contributed by atoms with Crippen LogP contribution in [0.4, 0.5) is 0 Å². The van der Waals surface area contributed by atoms with Crippen LogP contribution in [0.2, 0.25) is 5.04 Å². The number of carbonyl (C=O) groups excluding carboxylic acids is 1. The minimum atomic E-state index is -2.73. The van der Waals surface area contributed by atoms with Crippen molar-refractivity contribution in [3.63, 3.8) is 0 Å². The molecule has 0 radical (unpaired) electrons. The van der Waals surface area contributed by atoms with E-state index in [1.54, 1.807) is 0 Å². The predicted octanol–water partition coefficient (Wildman–Crippen LogP) is 8.65. The Kier molecular flexibility index (Phi) is 12.2. The lowest BCUT2D eigenvalue weighted by Gasteiger charge is -2.47. The van der Waals surface area contributed by atoms with Gasteiger partial charge in [0.2, 0.25) is 0 Å². The zero-order valence-electron chi connectivity index (χ0n) is 27.1. The predicted molar refractivity (Wildman–Crippen MR) is 181 cm³/mol. The molecule has 0 aromatic heterocycles. The van der Waals surface area contributed by atoms with E-state index in [0.717, 1.165) is 25.7 Å².